The van der Waals surface area contributed by atoms with E-state index in [2.05, 4.69) is 13.2 Å². The molecule has 0 saturated carbocycles. The van der Waals surface area contributed by atoms with E-state index >= 15 is 0 Å². The minimum absolute atomic E-state index is 0.673. The van der Waals surface area contributed by atoms with Gasteiger partial charge < -0.3 is 9.47 Å². The molecule has 0 aromatic heterocycles. The zero-order valence-corrected chi connectivity index (χ0v) is 9.47. The van der Waals surface area contributed by atoms with Crippen LogP contribution in [0.5, 0.6) is 0 Å². The molecule has 14 heavy (non-hydrogen) atoms. The van der Waals surface area contributed by atoms with Crippen LogP contribution in [0.3, 0.4) is 0 Å². The van der Waals surface area contributed by atoms with Gasteiger partial charge in [-0.05, 0) is 26.7 Å². The molecule has 0 radical (unpaired) electrons. The van der Waals surface area contributed by atoms with Gasteiger partial charge in [-0.3, -0.25) is 0 Å². The third-order valence-electron chi connectivity index (χ3n) is 1.52. The Balaban J connectivity index is 2.99. The van der Waals surface area contributed by atoms with Gasteiger partial charge in [-0.15, -0.1) is 0 Å². The summed E-state index contributed by atoms with van der Waals surface area (Å²) in [6, 6.07) is 0. The van der Waals surface area contributed by atoms with E-state index in [1.807, 2.05) is 13.8 Å². The van der Waals surface area contributed by atoms with Gasteiger partial charge in [-0.2, -0.15) is 0 Å². The molecule has 0 spiro atoms. The van der Waals surface area contributed by atoms with Crippen LogP contribution in [-0.2, 0) is 9.47 Å². The van der Waals surface area contributed by atoms with Crippen molar-refractivity contribution in [2.45, 2.75) is 26.7 Å². The summed E-state index contributed by atoms with van der Waals surface area (Å²) in [6.07, 6.45) is 2.09. The van der Waals surface area contributed by atoms with Gasteiger partial charge in [-0.1, -0.05) is 24.3 Å². The van der Waals surface area contributed by atoms with E-state index in [0.29, 0.717) is 13.2 Å². The molecule has 2 heteroatoms. The zero-order chi connectivity index (χ0) is 10.8. The molecule has 0 aromatic carbocycles. The van der Waals surface area contributed by atoms with E-state index < -0.39 is 0 Å². The molecule has 0 atom stereocenters. The Morgan fingerprint density at radius 1 is 0.857 bits per heavy atom. The summed E-state index contributed by atoms with van der Waals surface area (Å²) in [5.41, 5.74) is 2.15. The fourth-order valence-corrected chi connectivity index (χ4v) is 0.901. The molecule has 0 aliphatic heterocycles. The van der Waals surface area contributed by atoms with E-state index in [-0.39, 0.29) is 0 Å². The number of unbranched alkanes of at least 4 members (excludes halogenated alkanes) is 1. The maximum Gasteiger partial charge on any atom is 0.0671 e. The van der Waals surface area contributed by atoms with Crippen LogP contribution in [0, 0.1) is 0 Å². The average molecular weight is 198 g/mol. The predicted molar refractivity (Wildman–Crippen MR) is 60.5 cm³/mol. The van der Waals surface area contributed by atoms with Crippen LogP contribution in [0.1, 0.15) is 26.7 Å². The Hall–Kier alpha value is -0.600. The second kappa shape index (κ2) is 8.97. The standard InChI is InChI=1S/C12H22O2/c1-11(2)9-13-7-5-6-8-14-10-12(3)4/h1,3,5-10H2,2,4H3. The summed E-state index contributed by atoms with van der Waals surface area (Å²) in [7, 11) is 0. The van der Waals surface area contributed by atoms with Crippen molar-refractivity contribution >= 4 is 0 Å². The Bertz CT molecular complexity index is 153. The van der Waals surface area contributed by atoms with Crippen molar-refractivity contribution in [3.63, 3.8) is 0 Å². The smallest absolute Gasteiger partial charge is 0.0671 e. The topological polar surface area (TPSA) is 18.5 Å². The number of hydrogen-bond donors (Lipinski definition) is 0. The summed E-state index contributed by atoms with van der Waals surface area (Å²) < 4.78 is 10.7. The molecule has 2 nitrogen and oxygen atoms in total. The third-order valence-corrected chi connectivity index (χ3v) is 1.52. The molecular formula is C12H22O2. The highest BCUT2D eigenvalue weighted by Gasteiger charge is 1.91. The Labute approximate surface area is 87.6 Å². The van der Waals surface area contributed by atoms with Gasteiger partial charge in [0.2, 0.25) is 0 Å². The minimum atomic E-state index is 0.673. The molecule has 0 aliphatic rings. The van der Waals surface area contributed by atoms with Crippen molar-refractivity contribution in [2.75, 3.05) is 26.4 Å². The van der Waals surface area contributed by atoms with E-state index in [1.165, 1.54) is 0 Å². The van der Waals surface area contributed by atoms with Gasteiger partial charge in [0.1, 0.15) is 0 Å². The highest BCUT2D eigenvalue weighted by Crippen LogP contribution is 1.96. The minimum Gasteiger partial charge on any atom is -0.377 e. The summed E-state index contributed by atoms with van der Waals surface area (Å²) in [5, 5.41) is 0. The Kier molecular flexibility index (Phi) is 8.59. The van der Waals surface area contributed by atoms with Crippen LogP contribution in [0.15, 0.2) is 24.3 Å². The predicted octanol–water partition coefficient (Wildman–Crippen LogP) is 2.95. The van der Waals surface area contributed by atoms with Crippen LogP contribution in [0.25, 0.3) is 0 Å². The highest BCUT2D eigenvalue weighted by atomic mass is 16.5. The monoisotopic (exact) mass is 198 g/mol. The fourth-order valence-electron chi connectivity index (χ4n) is 0.901. The van der Waals surface area contributed by atoms with Crippen molar-refractivity contribution in [3.05, 3.63) is 24.3 Å². The van der Waals surface area contributed by atoms with Gasteiger partial charge in [-0.25, -0.2) is 0 Å². The number of rotatable bonds is 9. The second-order valence-corrected chi connectivity index (χ2v) is 3.73. The lowest BCUT2D eigenvalue weighted by molar-refractivity contribution is 0.122. The van der Waals surface area contributed by atoms with Gasteiger partial charge >= 0.3 is 0 Å². The lowest BCUT2D eigenvalue weighted by atomic mass is 10.3. The van der Waals surface area contributed by atoms with Crippen molar-refractivity contribution < 1.29 is 9.47 Å². The Morgan fingerprint density at radius 2 is 1.21 bits per heavy atom. The fraction of sp³-hybridized carbons (Fsp3) is 0.667. The van der Waals surface area contributed by atoms with Gasteiger partial charge in [0.05, 0.1) is 13.2 Å². The maximum atomic E-state index is 5.35. The summed E-state index contributed by atoms with van der Waals surface area (Å²) in [4.78, 5) is 0. The molecule has 0 bridgehead atoms. The molecule has 0 rings (SSSR count). The largest absolute Gasteiger partial charge is 0.377 e. The summed E-state index contributed by atoms with van der Waals surface area (Å²) in [6.45, 7) is 14.4. The molecule has 0 aromatic rings. The molecular weight excluding hydrogens is 176 g/mol. The third kappa shape index (κ3) is 11.4. The van der Waals surface area contributed by atoms with Gasteiger partial charge in [0.25, 0.3) is 0 Å². The molecule has 0 N–H and O–H groups in total. The second-order valence-electron chi connectivity index (χ2n) is 3.73. The lowest BCUT2D eigenvalue weighted by Crippen LogP contribution is -2.01. The Morgan fingerprint density at radius 3 is 1.50 bits per heavy atom. The maximum absolute atomic E-state index is 5.35. The van der Waals surface area contributed by atoms with E-state index in [1.54, 1.807) is 0 Å². The number of ether oxygens (including phenoxy) is 2. The first kappa shape index (κ1) is 13.4. The molecule has 0 aliphatic carbocycles. The molecule has 0 amide bonds. The number of hydrogen-bond acceptors (Lipinski definition) is 2. The highest BCUT2D eigenvalue weighted by molar-refractivity contribution is 4.87. The van der Waals surface area contributed by atoms with Crippen LogP contribution in [-0.4, -0.2) is 26.4 Å². The van der Waals surface area contributed by atoms with Crippen molar-refractivity contribution in [3.8, 4) is 0 Å². The molecule has 0 saturated heterocycles. The first-order valence-electron chi connectivity index (χ1n) is 5.07. The van der Waals surface area contributed by atoms with Crippen LogP contribution in [0.4, 0.5) is 0 Å². The van der Waals surface area contributed by atoms with Gasteiger partial charge in [0, 0.05) is 13.2 Å². The van der Waals surface area contributed by atoms with Gasteiger partial charge in [0.15, 0.2) is 0 Å². The average Bonchev–Trinajstić information content (AvgIpc) is 2.08. The first-order valence-corrected chi connectivity index (χ1v) is 5.07. The zero-order valence-electron chi connectivity index (χ0n) is 9.47. The summed E-state index contributed by atoms with van der Waals surface area (Å²) >= 11 is 0. The van der Waals surface area contributed by atoms with Crippen LogP contribution in [0.2, 0.25) is 0 Å². The SMILES string of the molecule is C=C(C)COCCCCOCC(=C)C. The van der Waals surface area contributed by atoms with Crippen molar-refractivity contribution in [1.29, 1.82) is 0 Å². The first-order chi connectivity index (χ1) is 6.63. The quantitative estimate of drug-likeness (QED) is 0.419. The van der Waals surface area contributed by atoms with Crippen molar-refractivity contribution in [2.24, 2.45) is 0 Å². The van der Waals surface area contributed by atoms with Crippen LogP contribution >= 0.6 is 0 Å². The van der Waals surface area contributed by atoms with Crippen molar-refractivity contribution in [1.82, 2.24) is 0 Å². The summed E-state index contributed by atoms with van der Waals surface area (Å²) in [5.74, 6) is 0. The molecule has 0 fully saturated rings. The lowest BCUT2D eigenvalue weighted by Gasteiger charge is -2.04. The van der Waals surface area contributed by atoms with E-state index in [4.69, 9.17) is 9.47 Å². The normalized spacial score (nSPS) is 10.1. The molecule has 0 heterocycles. The molecule has 0 unspecified atom stereocenters. The van der Waals surface area contributed by atoms with Crippen LogP contribution < -0.4 is 0 Å². The van der Waals surface area contributed by atoms with E-state index in [0.717, 1.165) is 37.2 Å². The molecule has 82 valence electrons. The van der Waals surface area contributed by atoms with E-state index in [9.17, 15) is 0 Å².